The molecular formula is C13H15BrFNO4. The third kappa shape index (κ3) is 6.01. The number of benzene rings is 1. The quantitative estimate of drug-likeness (QED) is 0.605. The zero-order chi connectivity index (χ0) is 15.0. The van der Waals surface area contributed by atoms with Gasteiger partial charge in [-0.05, 0) is 40.5 Å². The number of hydrogen-bond donors (Lipinski definition) is 1. The van der Waals surface area contributed by atoms with Gasteiger partial charge in [-0.25, -0.2) is 4.39 Å². The summed E-state index contributed by atoms with van der Waals surface area (Å²) in [5, 5.41) is 2.60. The average molecular weight is 348 g/mol. The first-order valence-corrected chi connectivity index (χ1v) is 6.73. The maximum Gasteiger partial charge on any atom is 0.305 e. The van der Waals surface area contributed by atoms with Crippen molar-refractivity contribution in [2.75, 3.05) is 20.3 Å². The summed E-state index contributed by atoms with van der Waals surface area (Å²) in [6, 6.07) is 3.93. The van der Waals surface area contributed by atoms with Gasteiger partial charge in [-0.1, -0.05) is 0 Å². The minimum absolute atomic E-state index is 0.178. The number of nitrogens with one attached hydrogen (secondary N) is 1. The second-order valence-corrected chi connectivity index (χ2v) is 4.75. The summed E-state index contributed by atoms with van der Waals surface area (Å²) in [5.41, 5.74) is 0. The molecule has 1 amide bonds. The van der Waals surface area contributed by atoms with Crippen LogP contribution in [0.15, 0.2) is 22.7 Å². The Morgan fingerprint density at radius 3 is 2.80 bits per heavy atom. The van der Waals surface area contributed by atoms with Crippen molar-refractivity contribution in [1.29, 1.82) is 0 Å². The fourth-order valence-electron chi connectivity index (χ4n) is 1.35. The summed E-state index contributed by atoms with van der Waals surface area (Å²) in [7, 11) is 1.31. The van der Waals surface area contributed by atoms with Gasteiger partial charge in [0.2, 0.25) is 0 Å². The molecular weight excluding hydrogens is 333 g/mol. The fraction of sp³-hybridized carbons (Fsp3) is 0.385. The highest BCUT2D eigenvalue weighted by Gasteiger charge is 2.07. The molecule has 0 saturated carbocycles. The van der Waals surface area contributed by atoms with Crippen LogP contribution >= 0.6 is 15.9 Å². The minimum Gasteiger partial charge on any atom is -0.483 e. The molecule has 7 heteroatoms. The van der Waals surface area contributed by atoms with Gasteiger partial charge in [0.05, 0.1) is 11.6 Å². The highest BCUT2D eigenvalue weighted by atomic mass is 79.9. The molecule has 1 aromatic rings. The molecule has 1 N–H and O–H groups in total. The van der Waals surface area contributed by atoms with Crippen LogP contribution in [0.1, 0.15) is 12.8 Å². The number of hydrogen-bond acceptors (Lipinski definition) is 4. The molecule has 20 heavy (non-hydrogen) atoms. The second kappa shape index (κ2) is 8.52. The molecule has 0 radical (unpaired) electrons. The Morgan fingerprint density at radius 1 is 1.40 bits per heavy atom. The maximum absolute atomic E-state index is 12.8. The summed E-state index contributed by atoms with van der Waals surface area (Å²) in [5.74, 6) is -0.635. The van der Waals surface area contributed by atoms with Gasteiger partial charge in [0.25, 0.3) is 5.91 Å². The molecule has 0 aromatic heterocycles. The molecule has 0 fully saturated rings. The summed E-state index contributed by atoms with van der Waals surface area (Å²) in [6.07, 6.45) is 0.750. The van der Waals surface area contributed by atoms with Crippen LogP contribution in [0.5, 0.6) is 5.75 Å². The Morgan fingerprint density at radius 2 is 2.15 bits per heavy atom. The lowest BCUT2D eigenvalue weighted by molar-refractivity contribution is -0.140. The molecule has 0 atom stereocenters. The highest BCUT2D eigenvalue weighted by Crippen LogP contribution is 2.25. The Kier molecular flexibility index (Phi) is 7.00. The summed E-state index contributed by atoms with van der Waals surface area (Å²) in [4.78, 5) is 22.3. The van der Waals surface area contributed by atoms with E-state index < -0.39 is 5.82 Å². The molecule has 0 aliphatic rings. The van der Waals surface area contributed by atoms with Crippen LogP contribution in [0, 0.1) is 5.82 Å². The van der Waals surface area contributed by atoms with Crippen molar-refractivity contribution < 1.29 is 23.5 Å². The van der Waals surface area contributed by atoms with Gasteiger partial charge >= 0.3 is 5.97 Å². The molecule has 0 bridgehead atoms. The van der Waals surface area contributed by atoms with Crippen molar-refractivity contribution in [3.63, 3.8) is 0 Å². The molecule has 1 rings (SSSR count). The first kappa shape index (κ1) is 16.4. The van der Waals surface area contributed by atoms with Crippen molar-refractivity contribution in [2.45, 2.75) is 12.8 Å². The molecule has 0 saturated heterocycles. The van der Waals surface area contributed by atoms with Crippen molar-refractivity contribution in [3.05, 3.63) is 28.5 Å². The predicted octanol–water partition coefficient (Wildman–Crippen LogP) is 2.04. The molecule has 0 unspecified atom stereocenters. The summed E-state index contributed by atoms with van der Waals surface area (Å²) < 4.78 is 23.0. The van der Waals surface area contributed by atoms with E-state index in [-0.39, 0.29) is 24.9 Å². The number of methoxy groups -OCH3 is 1. The zero-order valence-corrected chi connectivity index (χ0v) is 12.5. The highest BCUT2D eigenvalue weighted by molar-refractivity contribution is 9.10. The molecule has 0 aliphatic heterocycles. The van der Waals surface area contributed by atoms with Gasteiger partial charge in [0.1, 0.15) is 11.6 Å². The Hall–Kier alpha value is -1.63. The number of amides is 1. The maximum atomic E-state index is 12.8. The van der Waals surface area contributed by atoms with Gasteiger partial charge in [-0.3, -0.25) is 9.59 Å². The average Bonchev–Trinajstić information content (AvgIpc) is 2.42. The van der Waals surface area contributed by atoms with Crippen LogP contribution in [0.4, 0.5) is 4.39 Å². The van der Waals surface area contributed by atoms with Crippen LogP contribution in [0.25, 0.3) is 0 Å². The number of esters is 1. The van der Waals surface area contributed by atoms with E-state index in [0.29, 0.717) is 23.2 Å². The van der Waals surface area contributed by atoms with E-state index in [2.05, 4.69) is 26.0 Å². The lowest BCUT2D eigenvalue weighted by Crippen LogP contribution is -2.30. The van der Waals surface area contributed by atoms with Crippen LogP contribution in [0.3, 0.4) is 0 Å². The van der Waals surface area contributed by atoms with Gasteiger partial charge in [0, 0.05) is 13.0 Å². The number of carbonyl (C=O) groups excluding carboxylic acids is 2. The third-order valence-electron chi connectivity index (χ3n) is 2.36. The summed E-state index contributed by atoms with van der Waals surface area (Å²) >= 11 is 3.14. The molecule has 1 aromatic carbocycles. The van der Waals surface area contributed by atoms with Crippen LogP contribution in [0.2, 0.25) is 0 Å². The lowest BCUT2D eigenvalue weighted by atomic mass is 10.3. The molecule has 0 aliphatic carbocycles. The fourth-order valence-corrected chi connectivity index (χ4v) is 1.81. The number of carbonyl (C=O) groups is 2. The van der Waals surface area contributed by atoms with E-state index in [0.717, 1.165) is 0 Å². The van der Waals surface area contributed by atoms with E-state index in [1.54, 1.807) is 0 Å². The van der Waals surface area contributed by atoms with Gasteiger partial charge < -0.3 is 14.8 Å². The molecule has 110 valence electrons. The first-order valence-electron chi connectivity index (χ1n) is 5.94. The number of ether oxygens (including phenoxy) is 2. The zero-order valence-electron chi connectivity index (χ0n) is 10.9. The largest absolute Gasteiger partial charge is 0.483 e. The lowest BCUT2D eigenvalue weighted by Gasteiger charge is -2.08. The van der Waals surface area contributed by atoms with E-state index in [1.807, 2.05) is 0 Å². The van der Waals surface area contributed by atoms with Crippen LogP contribution < -0.4 is 10.1 Å². The Labute approximate surface area is 124 Å². The third-order valence-corrected chi connectivity index (χ3v) is 2.98. The first-order chi connectivity index (χ1) is 9.52. The second-order valence-electron chi connectivity index (χ2n) is 3.89. The molecule has 0 spiro atoms. The normalized spacial score (nSPS) is 9.95. The van der Waals surface area contributed by atoms with Crippen LogP contribution in [-0.4, -0.2) is 32.1 Å². The van der Waals surface area contributed by atoms with Crippen molar-refractivity contribution >= 4 is 27.8 Å². The van der Waals surface area contributed by atoms with E-state index >= 15 is 0 Å². The number of halogens is 2. The van der Waals surface area contributed by atoms with E-state index in [4.69, 9.17) is 4.74 Å². The molecule has 5 nitrogen and oxygen atoms in total. The van der Waals surface area contributed by atoms with Gasteiger partial charge in [-0.2, -0.15) is 0 Å². The minimum atomic E-state index is -0.392. The molecule has 0 heterocycles. The van der Waals surface area contributed by atoms with Crippen molar-refractivity contribution in [1.82, 2.24) is 5.32 Å². The topological polar surface area (TPSA) is 64.6 Å². The van der Waals surface area contributed by atoms with Crippen molar-refractivity contribution in [2.24, 2.45) is 0 Å². The monoisotopic (exact) mass is 347 g/mol. The Balaban J connectivity index is 2.24. The predicted molar refractivity (Wildman–Crippen MR) is 73.9 cm³/mol. The van der Waals surface area contributed by atoms with Crippen LogP contribution in [-0.2, 0) is 14.3 Å². The van der Waals surface area contributed by atoms with Crippen molar-refractivity contribution in [3.8, 4) is 5.75 Å². The Bertz CT molecular complexity index is 481. The summed E-state index contributed by atoms with van der Waals surface area (Å²) in [6.45, 7) is 0.185. The van der Waals surface area contributed by atoms with E-state index in [9.17, 15) is 14.0 Å². The van der Waals surface area contributed by atoms with Gasteiger partial charge in [0.15, 0.2) is 6.61 Å². The van der Waals surface area contributed by atoms with E-state index in [1.165, 1.54) is 25.3 Å². The van der Waals surface area contributed by atoms with Gasteiger partial charge in [-0.15, -0.1) is 0 Å². The smallest absolute Gasteiger partial charge is 0.305 e. The number of rotatable bonds is 7. The SMILES string of the molecule is COC(=O)CCCNC(=O)COc1ccc(F)cc1Br. The standard InChI is InChI=1S/C13H15BrFNO4/c1-19-13(18)3-2-6-16-12(17)8-20-11-5-4-9(15)7-10(11)14/h4-5,7H,2-3,6,8H2,1H3,(H,16,17).